The smallest absolute Gasteiger partial charge is 1.00 e. The molecule has 1 atom stereocenters. The van der Waals surface area contributed by atoms with Crippen LogP contribution in [0, 0.1) is 13.8 Å². The van der Waals surface area contributed by atoms with E-state index >= 15 is 0 Å². The van der Waals surface area contributed by atoms with Crippen LogP contribution < -0.4 is 28.7 Å². The molecule has 1 aromatic rings. The van der Waals surface area contributed by atoms with E-state index in [1.165, 1.54) is 12.0 Å². The van der Waals surface area contributed by atoms with E-state index in [0.29, 0.717) is 0 Å². The molecule has 0 amide bonds. The molecule has 0 radical (unpaired) electrons. The summed E-state index contributed by atoms with van der Waals surface area (Å²) in [4.78, 5) is 0. The fourth-order valence-corrected chi connectivity index (χ4v) is 5.47. The molecule has 0 N–H and O–H groups in total. The Morgan fingerprint density at radius 2 is 1.88 bits per heavy atom. The van der Waals surface area contributed by atoms with Crippen molar-refractivity contribution in [3.63, 3.8) is 0 Å². The van der Waals surface area contributed by atoms with Gasteiger partial charge in [-0.2, -0.15) is 0 Å². The first-order valence-electron chi connectivity index (χ1n) is 4.96. The first-order chi connectivity index (χ1) is 6.68. The molecular weight excluding hydrogens is 294 g/mol. The fourth-order valence-electron chi connectivity index (χ4n) is 1.76. The molecule has 1 aromatic heterocycles. The van der Waals surface area contributed by atoms with Crippen molar-refractivity contribution in [2.24, 2.45) is 0 Å². The van der Waals surface area contributed by atoms with E-state index in [2.05, 4.69) is 38.7 Å². The van der Waals surface area contributed by atoms with E-state index in [1.54, 1.807) is 18.6 Å². The Morgan fingerprint density at radius 3 is 2.31 bits per heavy atom. The summed E-state index contributed by atoms with van der Waals surface area (Å²) in [6.07, 6.45) is 5.81. The van der Waals surface area contributed by atoms with Crippen molar-refractivity contribution in [1.82, 2.24) is 0 Å². The third-order valence-electron chi connectivity index (χ3n) is 2.72. The summed E-state index contributed by atoms with van der Waals surface area (Å²) in [7, 11) is 0.964. The van der Waals surface area contributed by atoms with Gasteiger partial charge in [-0.15, -0.1) is 0 Å². The molecule has 0 saturated carbocycles. The van der Waals surface area contributed by atoms with Gasteiger partial charge in [-0.05, 0) is 0 Å². The number of hydrogen-bond acceptors (Lipinski definition) is 0. The van der Waals surface area contributed by atoms with Crippen LogP contribution in [0.2, 0.25) is 0 Å². The summed E-state index contributed by atoms with van der Waals surface area (Å²) in [5.74, 6) is 2.41. The summed E-state index contributed by atoms with van der Waals surface area (Å²) in [5, 5.41) is 1.65. The minimum absolute atomic E-state index is 0. The van der Waals surface area contributed by atoms with Gasteiger partial charge in [0.15, 0.2) is 0 Å². The van der Waals surface area contributed by atoms with Crippen LogP contribution in [0.25, 0.3) is 0 Å². The van der Waals surface area contributed by atoms with Crippen LogP contribution in [0.3, 0.4) is 0 Å². The van der Waals surface area contributed by atoms with Gasteiger partial charge in [-0.1, -0.05) is 0 Å². The average molecular weight is 309 g/mol. The SMILES string of the molecule is CC1=[C]([Ti+2][c]2c(C)c[pH]c2C)CC=C1.[Cl-].[Cl-]. The van der Waals surface area contributed by atoms with Gasteiger partial charge >= 0.3 is 96.7 Å². The van der Waals surface area contributed by atoms with Gasteiger partial charge in [-0.3, -0.25) is 0 Å². The maximum atomic E-state index is 2.41. The third-order valence-corrected chi connectivity index (χ3v) is 7.36. The Kier molecular flexibility index (Phi) is 7.34. The molecular formula is C12H15Cl2PTi. The molecule has 0 bridgehead atoms. The molecule has 86 valence electrons. The number of rotatable bonds is 2. The van der Waals surface area contributed by atoms with Crippen molar-refractivity contribution in [3.05, 3.63) is 38.3 Å². The van der Waals surface area contributed by atoms with Crippen molar-refractivity contribution < 1.29 is 44.0 Å². The zero-order chi connectivity index (χ0) is 10.1. The molecule has 0 aromatic carbocycles. The van der Waals surface area contributed by atoms with Crippen LogP contribution in [0.5, 0.6) is 0 Å². The molecule has 1 aliphatic rings. The van der Waals surface area contributed by atoms with Crippen molar-refractivity contribution in [2.75, 3.05) is 0 Å². The monoisotopic (exact) mass is 308 g/mol. The van der Waals surface area contributed by atoms with E-state index in [4.69, 9.17) is 0 Å². The zero-order valence-corrected chi connectivity index (χ0v) is 13.8. The van der Waals surface area contributed by atoms with Crippen LogP contribution in [0.1, 0.15) is 24.2 Å². The van der Waals surface area contributed by atoms with Crippen LogP contribution >= 0.6 is 8.19 Å². The molecule has 4 heteroatoms. The standard InChI is InChI=1S/C6H8P.C6H7.2ClH.Ti/c1-5-3-6(2)7-4-5;1-6-4-2-3-5-6;;;/h4,7H,1-2H3;2,4H,3H2,1H3;2*1H;/q;;;;+2/p-2. The third kappa shape index (κ3) is 3.52. The van der Waals surface area contributed by atoms with Crippen molar-refractivity contribution in [2.45, 2.75) is 27.2 Å². The Hall–Kier alpha value is 0.554. The molecule has 0 saturated heterocycles. The quantitative estimate of drug-likeness (QED) is 0.521. The van der Waals surface area contributed by atoms with Gasteiger partial charge < -0.3 is 24.8 Å². The second-order valence-corrected chi connectivity index (χ2v) is 7.31. The van der Waals surface area contributed by atoms with Crippen molar-refractivity contribution in [3.8, 4) is 0 Å². The second kappa shape index (κ2) is 7.09. The molecule has 0 spiro atoms. The van der Waals surface area contributed by atoms with Gasteiger partial charge in [0, 0.05) is 0 Å². The van der Waals surface area contributed by atoms with Gasteiger partial charge in [-0.25, -0.2) is 0 Å². The maximum Gasteiger partial charge on any atom is -1.00 e. The first kappa shape index (κ1) is 16.6. The van der Waals surface area contributed by atoms with Crippen molar-refractivity contribution >= 4 is 12.1 Å². The van der Waals surface area contributed by atoms with Gasteiger partial charge in [0.05, 0.1) is 0 Å². The maximum absolute atomic E-state index is 2.41. The van der Waals surface area contributed by atoms with Crippen molar-refractivity contribution in [1.29, 1.82) is 0 Å². The second-order valence-electron chi connectivity index (χ2n) is 3.86. The molecule has 1 aliphatic carbocycles. The largest absolute Gasteiger partial charge is 1.00 e. The van der Waals surface area contributed by atoms with Crippen LogP contribution in [0.4, 0.5) is 0 Å². The van der Waals surface area contributed by atoms with E-state index in [9.17, 15) is 0 Å². The Balaban J connectivity index is 0.00000112. The number of halogens is 2. The minimum Gasteiger partial charge on any atom is -1.00 e. The summed E-state index contributed by atoms with van der Waals surface area (Å²) >= 11 is -0.0104. The number of aryl methyl sites for hydroxylation is 2. The van der Waals surface area contributed by atoms with E-state index in [-0.39, 0.29) is 44.0 Å². The van der Waals surface area contributed by atoms with Gasteiger partial charge in [0.2, 0.25) is 0 Å². The van der Waals surface area contributed by atoms with Gasteiger partial charge in [0.1, 0.15) is 0 Å². The summed E-state index contributed by atoms with van der Waals surface area (Å²) in [5.41, 5.74) is 3.10. The number of hydrogen-bond donors (Lipinski definition) is 0. The summed E-state index contributed by atoms with van der Waals surface area (Å²) < 4.78 is 3.46. The topological polar surface area (TPSA) is 0 Å². The molecule has 1 unspecified atom stereocenters. The summed E-state index contributed by atoms with van der Waals surface area (Å²) in [6.45, 7) is 6.84. The van der Waals surface area contributed by atoms with Gasteiger partial charge in [0.25, 0.3) is 0 Å². The summed E-state index contributed by atoms with van der Waals surface area (Å²) in [6, 6.07) is 0. The van der Waals surface area contributed by atoms with E-state index in [0.717, 1.165) is 8.19 Å². The number of allylic oxidation sites excluding steroid dienone is 4. The first-order valence-corrected chi connectivity index (χ1v) is 7.60. The van der Waals surface area contributed by atoms with E-state index < -0.39 is 0 Å². The molecule has 0 fully saturated rings. The molecule has 0 nitrogen and oxygen atoms in total. The Labute approximate surface area is 121 Å². The Morgan fingerprint density at radius 1 is 1.19 bits per heavy atom. The molecule has 0 aliphatic heterocycles. The van der Waals surface area contributed by atoms with Crippen LogP contribution in [-0.4, -0.2) is 0 Å². The molecule has 16 heavy (non-hydrogen) atoms. The average Bonchev–Trinajstić information content (AvgIpc) is 2.67. The molecule has 2 rings (SSSR count). The normalized spacial score (nSPS) is 13.7. The molecule has 1 heterocycles. The predicted molar refractivity (Wildman–Crippen MR) is 61.5 cm³/mol. The Bertz CT molecular complexity index is 399. The predicted octanol–water partition coefficient (Wildman–Crippen LogP) is -2.72. The van der Waals surface area contributed by atoms with Crippen LogP contribution in [0.15, 0.2) is 27.4 Å². The zero-order valence-electron chi connectivity index (χ0n) is 9.70. The van der Waals surface area contributed by atoms with Crippen LogP contribution in [-0.2, 0) is 19.2 Å². The minimum atomic E-state index is -0.0104. The fraction of sp³-hybridized carbons (Fsp3) is 0.333. The van der Waals surface area contributed by atoms with E-state index in [1.807, 2.05) is 0 Å².